The molecule has 0 spiro atoms. The summed E-state index contributed by atoms with van der Waals surface area (Å²) < 4.78 is 13.0. The van der Waals surface area contributed by atoms with Crippen molar-refractivity contribution < 1.29 is 4.39 Å². The Labute approximate surface area is 85.9 Å². The average Bonchev–Trinajstić information content (AvgIpc) is 2.31. The van der Waals surface area contributed by atoms with Gasteiger partial charge in [0, 0.05) is 6.20 Å². The van der Waals surface area contributed by atoms with E-state index in [9.17, 15) is 4.39 Å². The Kier molecular flexibility index (Phi) is 2.38. The summed E-state index contributed by atoms with van der Waals surface area (Å²) in [5.41, 5.74) is 0.903. The van der Waals surface area contributed by atoms with Gasteiger partial charge in [-0.15, -0.1) is 0 Å². The number of nitrogens with zero attached hydrogens (tertiary/aromatic N) is 3. The molecule has 72 valence electrons. The van der Waals surface area contributed by atoms with Crippen LogP contribution in [-0.4, -0.2) is 9.97 Å². The largest absolute Gasteiger partial charge is 0.255 e. The first-order valence-corrected chi connectivity index (χ1v) is 4.29. The van der Waals surface area contributed by atoms with Gasteiger partial charge in [-0.2, -0.15) is 5.26 Å². The van der Waals surface area contributed by atoms with E-state index in [0.29, 0.717) is 11.4 Å². The Balaban J connectivity index is 2.52. The minimum absolute atomic E-state index is 0.210. The van der Waals surface area contributed by atoms with Gasteiger partial charge in [0.1, 0.15) is 6.07 Å². The summed E-state index contributed by atoms with van der Waals surface area (Å²) in [6, 6.07) is 9.74. The summed E-state index contributed by atoms with van der Waals surface area (Å²) in [6.45, 7) is 0. The van der Waals surface area contributed by atoms with Crippen LogP contribution in [0.2, 0.25) is 0 Å². The third-order valence-electron chi connectivity index (χ3n) is 1.88. The number of halogens is 1. The van der Waals surface area contributed by atoms with Gasteiger partial charge in [-0.1, -0.05) is 6.07 Å². The molecule has 4 heteroatoms. The minimum atomic E-state index is -0.614. The zero-order valence-electron chi connectivity index (χ0n) is 7.68. The Morgan fingerprint density at radius 1 is 1.13 bits per heavy atom. The third-order valence-corrected chi connectivity index (χ3v) is 1.88. The molecule has 0 fully saturated rings. The predicted octanol–water partition coefficient (Wildman–Crippen LogP) is 2.15. The lowest BCUT2D eigenvalue weighted by molar-refractivity contribution is 0.617. The van der Waals surface area contributed by atoms with E-state index in [1.54, 1.807) is 30.5 Å². The highest BCUT2D eigenvalue weighted by Crippen LogP contribution is 2.15. The topological polar surface area (TPSA) is 49.6 Å². The summed E-state index contributed by atoms with van der Waals surface area (Å²) >= 11 is 0. The third kappa shape index (κ3) is 1.81. The Morgan fingerprint density at radius 3 is 2.67 bits per heavy atom. The van der Waals surface area contributed by atoms with Gasteiger partial charge in [0.2, 0.25) is 0 Å². The van der Waals surface area contributed by atoms with Crippen molar-refractivity contribution in [2.75, 3.05) is 0 Å². The lowest BCUT2D eigenvalue weighted by Crippen LogP contribution is -1.93. The highest BCUT2D eigenvalue weighted by Gasteiger charge is 2.06. The summed E-state index contributed by atoms with van der Waals surface area (Å²) in [5, 5.41) is 8.62. The van der Waals surface area contributed by atoms with Crippen molar-refractivity contribution in [2.45, 2.75) is 0 Å². The molecule has 0 aliphatic rings. The number of pyridine rings is 2. The first-order chi connectivity index (χ1) is 7.31. The molecule has 3 nitrogen and oxygen atoms in total. The molecule has 0 N–H and O–H groups in total. The second-order valence-corrected chi connectivity index (χ2v) is 2.85. The van der Waals surface area contributed by atoms with Crippen LogP contribution in [0.3, 0.4) is 0 Å². The number of aromatic nitrogens is 2. The molecule has 2 aromatic heterocycles. The van der Waals surface area contributed by atoms with E-state index < -0.39 is 5.82 Å². The van der Waals surface area contributed by atoms with E-state index in [0.717, 1.165) is 0 Å². The first-order valence-electron chi connectivity index (χ1n) is 4.29. The number of rotatable bonds is 1. The van der Waals surface area contributed by atoms with Crippen molar-refractivity contribution in [2.24, 2.45) is 0 Å². The van der Waals surface area contributed by atoms with Gasteiger partial charge in [-0.05, 0) is 24.3 Å². The smallest absolute Gasteiger partial charge is 0.176 e. The molecule has 0 radical (unpaired) electrons. The van der Waals surface area contributed by atoms with Gasteiger partial charge < -0.3 is 0 Å². The van der Waals surface area contributed by atoms with Crippen molar-refractivity contribution in [3.05, 3.63) is 48.0 Å². The van der Waals surface area contributed by atoms with Crippen molar-refractivity contribution in [3.8, 4) is 17.5 Å². The monoisotopic (exact) mass is 199 g/mol. The summed E-state index contributed by atoms with van der Waals surface area (Å²) in [5.74, 6) is -0.614. The molecule has 0 saturated carbocycles. The molecule has 0 amide bonds. The predicted molar refractivity (Wildman–Crippen MR) is 52.1 cm³/mol. The molecule has 0 aliphatic heterocycles. The average molecular weight is 199 g/mol. The van der Waals surface area contributed by atoms with E-state index in [-0.39, 0.29) is 5.69 Å². The number of hydrogen-bond acceptors (Lipinski definition) is 3. The minimum Gasteiger partial charge on any atom is -0.255 e. The van der Waals surface area contributed by atoms with Crippen LogP contribution in [-0.2, 0) is 0 Å². The summed E-state index contributed by atoms with van der Waals surface area (Å²) in [4.78, 5) is 7.92. The number of nitriles is 1. The molecule has 0 aliphatic carbocycles. The van der Waals surface area contributed by atoms with E-state index in [1.165, 1.54) is 12.1 Å². The van der Waals surface area contributed by atoms with Crippen LogP contribution in [0.4, 0.5) is 4.39 Å². The fourth-order valence-corrected chi connectivity index (χ4v) is 1.18. The molecular weight excluding hydrogens is 193 g/mol. The highest BCUT2D eigenvalue weighted by molar-refractivity contribution is 5.54. The zero-order chi connectivity index (χ0) is 10.7. The van der Waals surface area contributed by atoms with E-state index in [2.05, 4.69) is 9.97 Å². The maximum atomic E-state index is 13.0. The molecule has 0 atom stereocenters. The Bertz CT molecular complexity index is 517. The lowest BCUT2D eigenvalue weighted by Gasteiger charge is -1.99. The van der Waals surface area contributed by atoms with E-state index in [4.69, 9.17) is 5.26 Å². The molecule has 2 rings (SSSR count). The van der Waals surface area contributed by atoms with Crippen molar-refractivity contribution in [1.29, 1.82) is 5.26 Å². The van der Waals surface area contributed by atoms with Crippen LogP contribution in [0.25, 0.3) is 11.4 Å². The molecule has 2 aromatic rings. The normalized spacial score (nSPS) is 9.60. The van der Waals surface area contributed by atoms with Crippen LogP contribution in [0, 0.1) is 17.1 Å². The quantitative estimate of drug-likeness (QED) is 0.707. The molecule has 0 aromatic carbocycles. The highest BCUT2D eigenvalue weighted by atomic mass is 19.1. The van der Waals surface area contributed by atoms with Crippen LogP contribution in [0.15, 0.2) is 36.5 Å². The van der Waals surface area contributed by atoms with Crippen LogP contribution < -0.4 is 0 Å². The van der Waals surface area contributed by atoms with E-state index in [1.807, 2.05) is 0 Å². The van der Waals surface area contributed by atoms with Crippen LogP contribution in [0.5, 0.6) is 0 Å². The Morgan fingerprint density at radius 2 is 2.00 bits per heavy atom. The van der Waals surface area contributed by atoms with E-state index >= 15 is 0 Å². The second-order valence-electron chi connectivity index (χ2n) is 2.85. The molecule has 15 heavy (non-hydrogen) atoms. The Hall–Kier alpha value is -2.28. The van der Waals surface area contributed by atoms with Gasteiger partial charge in [-0.25, -0.2) is 9.37 Å². The van der Waals surface area contributed by atoms with Crippen molar-refractivity contribution in [1.82, 2.24) is 9.97 Å². The molecule has 2 heterocycles. The molecule has 0 saturated heterocycles. The lowest BCUT2D eigenvalue weighted by atomic mass is 10.2. The second kappa shape index (κ2) is 3.84. The first kappa shape index (κ1) is 9.28. The summed E-state index contributed by atoms with van der Waals surface area (Å²) in [7, 11) is 0. The van der Waals surface area contributed by atoms with Crippen LogP contribution >= 0.6 is 0 Å². The van der Waals surface area contributed by atoms with Gasteiger partial charge in [0.05, 0.1) is 11.4 Å². The maximum absolute atomic E-state index is 13.0. The van der Waals surface area contributed by atoms with Gasteiger partial charge >= 0.3 is 0 Å². The SMILES string of the molecule is N#Cc1nc(-c2ccccn2)ccc1F. The van der Waals surface area contributed by atoms with Crippen molar-refractivity contribution >= 4 is 0 Å². The van der Waals surface area contributed by atoms with Crippen molar-refractivity contribution in [3.63, 3.8) is 0 Å². The zero-order valence-corrected chi connectivity index (χ0v) is 7.68. The maximum Gasteiger partial charge on any atom is 0.176 e. The molecule has 0 unspecified atom stereocenters. The summed E-state index contributed by atoms with van der Waals surface area (Å²) in [6.07, 6.45) is 1.62. The molecule has 0 bridgehead atoms. The standard InChI is InChI=1S/C11H6FN3/c12-8-4-5-10(15-11(8)7-13)9-3-1-2-6-14-9/h1-6H. The fraction of sp³-hybridized carbons (Fsp3) is 0. The molecular formula is C11H6FN3. The van der Waals surface area contributed by atoms with Gasteiger partial charge in [-0.3, -0.25) is 4.98 Å². The van der Waals surface area contributed by atoms with Gasteiger partial charge in [0.25, 0.3) is 0 Å². The fourth-order valence-electron chi connectivity index (χ4n) is 1.18. The number of hydrogen-bond donors (Lipinski definition) is 0. The van der Waals surface area contributed by atoms with Crippen LogP contribution in [0.1, 0.15) is 5.69 Å². The van der Waals surface area contributed by atoms with Gasteiger partial charge in [0.15, 0.2) is 11.5 Å².